The van der Waals surface area contributed by atoms with Gasteiger partial charge in [0, 0.05) is 37.3 Å². The number of thioether (sulfide) groups is 4. The summed E-state index contributed by atoms with van der Waals surface area (Å²) in [5.74, 6) is 1.75. The molecule has 4 bridgehead atoms. The first-order chi connectivity index (χ1) is 17.7. The quantitative estimate of drug-likeness (QED) is 0.269. The van der Waals surface area contributed by atoms with Gasteiger partial charge in [0.25, 0.3) is 0 Å². The molecule has 3 atom stereocenters. The molecule has 0 saturated heterocycles. The van der Waals surface area contributed by atoms with E-state index in [2.05, 4.69) is 78.9 Å². The molecule has 3 unspecified atom stereocenters. The number of fused-ring (bicyclic) bond motifs is 12. The van der Waals surface area contributed by atoms with Crippen LogP contribution in [0.1, 0.15) is 29.4 Å². The molecule has 3 aromatic carbocycles. The molecule has 0 N–H and O–H groups in total. The largest absolute Gasteiger partial charge is 0.0804 e. The lowest BCUT2D eigenvalue weighted by Gasteiger charge is -2.17. The lowest BCUT2D eigenvalue weighted by molar-refractivity contribution is 0.805. The molecule has 0 radical (unpaired) electrons. The van der Waals surface area contributed by atoms with E-state index < -0.39 is 0 Å². The zero-order valence-electron chi connectivity index (χ0n) is 19.1. The van der Waals surface area contributed by atoms with E-state index in [1.54, 1.807) is 11.1 Å². The molecule has 2 heterocycles. The van der Waals surface area contributed by atoms with Crippen LogP contribution in [0.15, 0.2) is 112 Å². The van der Waals surface area contributed by atoms with Crippen molar-refractivity contribution in [2.45, 2.75) is 37.8 Å². The molecular weight excluding hydrogens is 513 g/mol. The first-order valence-electron chi connectivity index (χ1n) is 12.5. The number of hydrogen-bond acceptors (Lipinski definition) is 4. The highest BCUT2D eigenvalue weighted by molar-refractivity contribution is 8.30. The molecule has 0 amide bonds. The van der Waals surface area contributed by atoms with Gasteiger partial charge in [-0.15, -0.1) is 0 Å². The Kier molecular flexibility index (Phi) is 3.74. The summed E-state index contributed by atoms with van der Waals surface area (Å²) in [5, 5.41) is 5.57. The van der Waals surface area contributed by atoms with Crippen molar-refractivity contribution in [2.75, 3.05) is 0 Å². The number of benzene rings is 3. The predicted octanol–water partition coefficient (Wildman–Crippen LogP) is 8.20. The van der Waals surface area contributed by atoms with Gasteiger partial charge in [-0.05, 0) is 85.8 Å². The Morgan fingerprint density at radius 1 is 0.611 bits per heavy atom. The van der Waals surface area contributed by atoms with Crippen LogP contribution < -0.4 is 10.4 Å². The van der Waals surface area contributed by atoms with Crippen LogP contribution in [-0.2, 0) is 0 Å². The van der Waals surface area contributed by atoms with E-state index in [0.717, 1.165) is 0 Å². The SMILES string of the molecule is C1=CC2=C3C=c4cc5c(cc4=CC3C1=C2)SC(=C1Sc2cc3cc4c(cc3cc2S1)C1C=CC4C1)S5. The molecular formula is C32H18S4. The monoisotopic (exact) mass is 530 g/mol. The van der Waals surface area contributed by atoms with E-state index in [1.165, 1.54) is 72.4 Å². The molecule has 3 aromatic rings. The standard InChI is InChI=1S/C32H18S4/c1-2-16-5-15(1)23-7-19-11-27-28(12-20(19)8-24(16)23)34-31(33-27)32-35-29-13-21-9-25-17-3-4-18(6-17)26(25)10-22(21)14-30(29)36-32/h1-5,7-14,17-18,23H,6H2. The van der Waals surface area contributed by atoms with Crippen LogP contribution in [-0.4, -0.2) is 0 Å². The van der Waals surface area contributed by atoms with E-state index in [4.69, 9.17) is 0 Å². The summed E-state index contributed by atoms with van der Waals surface area (Å²) in [6.45, 7) is 0. The van der Waals surface area contributed by atoms with Gasteiger partial charge in [0.05, 0.1) is 8.47 Å². The van der Waals surface area contributed by atoms with Crippen molar-refractivity contribution < 1.29 is 0 Å². The minimum absolute atomic E-state index is 0.462. The van der Waals surface area contributed by atoms with Gasteiger partial charge in [-0.1, -0.05) is 95.6 Å². The fourth-order valence-electron chi connectivity index (χ4n) is 6.83. The predicted molar refractivity (Wildman–Crippen MR) is 156 cm³/mol. The third-order valence-electron chi connectivity index (χ3n) is 8.58. The van der Waals surface area contributed by atoms with Crippen LogP contribution >= 0.6 is 47.0 Å². The van der Waals surface area contributed by atoms with Gasteiger partial charge in [-0.25, -0.2) is 0 Å². The highest BCUT2D eigenvalue weighted by Gasteiger charge is 2.34. The summed E-state index contributed by atoms with van der Waals surface area (Å²) in [6.07, 6.45) is 17.9. The number of allylic oxidation sites excluding steroid dienone is 8. The third-order valence-corrected chi connectivity index (χ3v) is 14.1. The van der Waals surface area contributed by atoms with E-state index >= 15 is 0 Å². The van der Waals surface area contributed by atoms with Crippen molar-refractivity contribution in [1.29, 1.82) is 0 Å². The molecule has 36 heavy (non-hydrogen) atoms. The van der Waals surface area contributed by atoms with Crippen LogP contribution in [0.5, 0.6) is 0 Å². The molecule has 0 nitrogen and oxygen atoms in total. The summed E-state index contributed by atoms with van der Waals surface area (Å²) in [7, 11) is 0. The Morgan fingerprint density at radius 2 is 1.22 bits per heavy atom. The first kappa shape index (κ1) is 19.8. The maximum absolute atomic E-state index is 2.48. The Morgan fingerprint density at radius 3 is 1.89 bits per heavy atom. The van der Waals surface area contributed by atoms with Gasteiger partial charge in [-0.3, -0.25) is 0 Å². The lowest BCUT2D eigenvalue weighted by Crippen LogP contribution is -2.30. The molecule has 0 spiro atoms. The normalized spacial score (nSPS) is 26.8. The molecule has 4 heteroatoms. The van der Waals surface area contributed by atoms with Crippen molar-refractivity contribution in [2.24, 2.45) is 5.92 Å². The van der Waals surface area contributed by atoms with Gasteiger partial charge < -0.3 is 0 Å². The second-order valence-corrected chi connectivity index (χ2v) is 15.3. The Balaban J connectivity index is 1.02. The molecule has 10 rings (SSSR count). The zero-order chi connectivity index (χ0) is 23.1. The molecule has 0 aromatic heterocycles. The topological polar surface area (TPSA) is 0 Å². The van der Waals surface area contributed by atoms with E-state index in [-0.39, 0.29) is 0 Å². The van der Waals surface area contributed by atoms with Crippen molar-refractivity contribution in [3.05, 3.63) is 114 Å². The molecule has 0 fully saturated rings. The summed E-state index contributed by atoms with van der Waals surface area (Å²) >= 11 is 7.87. The zero-order valence-corrected chi connectivity index (χ0v) is 22.3. The lowest BCUT2D eigenvalue weighted by atomic mass is 9.86. The Hall–Kier alpha value is -2.24. The minimum Gasteiger partial charge on any atom is -0.0804 e. The summed E-state index contributed by atoms with van der Waals surface area (Å²) < 4.78 is 2.89. The highest BCUT2D eigenvalue weighted by Crippen LogP contribution is 2.61. The maximum atomic E-state index is 2.48. The van der Waals surface area contributed by atoms with E-state index in [0.29, 0.717) is 17.8 Å². The van der Waals surface area contributed by atoms with Gasteiger partial charge in [0.2, 0.25) is 0 Å². The van der Waals surface area contributed by atoms with Gasteiger partial charge >= 0.3 is 0 Å². The molecule has 5 aliphatic carbocycles. The fourth-order valence-corrected chi connectivity index (χ4v) is 12.3. The van der Waals surface area contributed by atoms with Crippen molar-refractivity contribution in [1.82, 2.24) is 0 Å². The second kappa shape index (κ2) is 6.79. The third kappa shape index (κ3) is 2.59. The second-order valence-electron chi connectivity index (χ2n) is 10.5. The summed E-state index contributed by atoms with van der Waals surface area (Å²) in [4.78, 5) is 5.66. The summed E-state index contributed by atoms with van der Waals surface area (Å²) in [5.41, 5.74) is 7.47. The Bertz CT molecular complexity index is 1870. The number of rotatable bonds is 0. The maximum Gasteiger partial charge on any atom is 0.0706 e. The smallest absolute Gasteiger partial charge is 0.0706 e. The van der Waals surface area contributed by atoms with Gasteiger partial charge in [-0.2, -0.15) is 0 Å². The van der Waals surface area contributed by atoms with E-state index in [9.17, 15) is 0 Å². The van der Waals surface area contributed by atoms with Crippen LogP contribution in [0.4, 0.5) is 0 Å². The number of hydrogen-bond donors (Lipinski definition) is 0. The first-order valence-corrected chi connectivity index (χ1v) is 15.8. The molecule has 7 aliphatic rings. The minimum atomic E-state index is 0.462. The Labute approximate surface area is 226 Å². The fraction of sp³-hybridized carbons (Fsp3) is 0.125. The highest BCUT2D eigenvalue weighted by atomic mass is 32.2. The van der Waals surface area contributed by atoms with Crippen LogP contribution in [0.3, 0.4) is 0 Å². The average Bonchev–Trinajstić information content (AvgIpc) is 3.73. The van der Waals surface area contributed by atoms with E-state index in [1.807, 2.05) is 47.0 Å². The van der Waals surface area contributed by atoms with Crippen LogP contribution in [0, 0.1) is 5.92 Å². The molecule has 170 valence electrons. The summed E-state index contributed by atoms with van der Waals surface area (Å²) in [6, 6.07) is 14.7. The van der Waals surface area contributed by atoms with Gasteiger partial charge in [0.15, 0.2) is 0 Å². The van der Waals surface area contributed by atoms with Crippen molar-refractivity contribution >= 4 is 70.0 Å². The molecule has 0 saturated carbocycles. The van der Waals surface area contributed by atoms with Crippen molar-refractivity contribution in [3.8, 4) is 0 Å². The van der Waals surface area contributed by atoms with Gasteiger partial charge in [0.1, 0.15) is 0 Å². The van der Waals surface area contributed by atoms with Crippen LogP contribution in [0.2, 0.25) is 0 Å². The molecule has 2 aliphatic heterocycles. The average molecular weight is 531 g/mol. The van der Waals surface area contributed by atoms with Crippen molar-refractivity contribution in [3.63, 3.8) is 0 Å². The van der Waals surface area contributed by atoms with Crippen LogP contribution in [0.25, 0.3) is 22.9 Å².